The molecule has 10 N–H and O–H groups in total. The van der Waals surface area contributed by atoms with Crippen molar-refractivity contribution in [3.05, 3.63) is 100 Å². The monoisotopic (exact) mass is 633 g/mol. The summed E-state index contributed by atoms with van der Waals surface area (Å²) in [5, 5.41) is 11.7. The molecular formula is C32H22CoN12. The second-order valence-corrected chi connectivity index (χ2v) is 10.8. The summed E-state index contributed by atoms with van der Waals surface area (Å²) in [6.07, 6.45) is 0. The first-order valence-corrected chi connectivity index (χ1v) is 13.8. The number of fused-ring (bicyclic) bond motifs is 18. The van der Waals surface area contributed by atoms with Crippen molar-refractivity contribution in [3.8, 4) is 0 Å². The summed E-state index contributed by atoms with van der Waals surface area (Å²) in [6.45, 7) is 0. The molecule has 0 unspecified atom stereocenters. The third-order valence-electron chi connectivity index (χ3n) is 7.96. The van der Waals surface area contributed by atoms with E-state index in [4.69, 9.17) is 53.2 Å². The first kappa shape index (κ1) is 26.6. The molecule has 0 saturated heterocycles. The molecule has 4 aromatic carbocycles. The van der Waals surface area contributed by atoms with Gasteiger partial charge >= 0.3 is 16.8 Å². The van der Waals surface area contributed by atoms with Crippen LogP contribution in [0.3, 0.4) is 0 Å². The van der Waals surface area contributed by atoms with Gasteiger partial charge in [-0.05, 0) is 65.4 Å². The second-order valence-electron chi connectivity index (χ2n) is 10.8. The van der Waals surface area contributed by atoms with Crippen LogP contribution in [-0.4, -0.2) is 28.3 Å². The van der Waals surface area contributed by atoms with Crippen LogP contribution in [0.25, 0.3) is 26.9 Å². The van der Waals surface area contributed by atoms with Crippen LogP contribution in [0.2, 0.25) is 0 Å². The van der Waals surface area contributed by atoms with Gasteiger partial charge in [0.15, 0.2) is 11.7 Å². The predicted octanol–water partition coefficient (Wildman–Crippen LogP) is 5.41. The van der Waals surface area contributed by atoms with E-state index in [2.05, 4.69) is 10.3 Å². The summed E-state index contributed by atoms with van der Waals surface area (Å²) in [4.78, 5) is 27.9. The first-order chi connectivity index (χ1) is 21.4. The number of nitrogens with two attached hydrogens (primary N) is 4. The molecule has 0 fully saturated rings. The van der Waals surface area contributed by atoms with E-state index in [9.17, 15) is 0 Å². The molecule has 0 spiro atoms. The fraction of sp³-hybridized carbons (Fsp3) is 0. The van der Waals surface area contributed by atoms with E-state index < -0.39 is 0 Å². The van der Waals surface area contributed by atoms with Crippen molar-refractivity contribution in [3.63, 3.8) is 0 Å². The van der Waals surface area contributed by atoms with Crippen molar-refractivity contribution in [1.82, 2.24) is 9.97 Å². The summed E-state index contributed by atoms with van der Waals surface area (Å²) in [5.41, 5.74) is 30.4. The fourth-order valence-corrected chi connectivity index (χ4v) is 5.92. The number of hydrogen-bond acceptors (Lipinski definition) is 9. The molecular weight excluding hydrogens is 611 g/mol. The average Bonchev–Trinajstić information content (AvgIpc) is 3.72. The Morgan fingerprint density at radius 1 is 0.600 bits per heavy atom. The number of aliphatic imine (C=N–C) groups is 4. The number of nitrogens with one attached hydrogen (secondary N) is 2. The molecule has 12 nitrogen and oxygen atoms in total. The van der Waals surface area contributed by atoms with Gasteiger partial charge in [-0.25, -0.2) is 15.0 Å². The number of hydrogen-bond donors (Lipinski definition) is 6. The molecule has 9 rings (SSSR count). The van der Waals surface area contributed by atoms with Crippen molar-refractivity contribution in [1.29, 1.82) is 0 Å². The van der Waals surface area contributed by atoms with E-state index in [1.165, 1.54) is 0 Å². The van der Waals surface area contributed by atoms with Crippen molar-refractivity contribution in [2.45, 2.75) is 0 Å². The zero-order valence-corrected chi connectivity index (χ0v) is 24.3. The van der Waals surface area contributed by atoms with Crippen LogP contribution in [0.15, 0.2) is 92.8 Å². The Labute approximate surface area is 265 Å². The molecule has 13 heteroatoms. The third kappa shape index (κ3) is 3.98. The Morgan fingerprint density at radius 3 is 2.16 bits per heavy atom. The molecule has 0 amide bonds. The normalized spacial score (nSPS) is 14.4. The van der Waals surface area contributed by atoms with Gasteiger partial charge in [0.2, 0.25) is 0 Å². The molecule has 1 radical (unpaired) electrons. The zero-order chi connectivity index (χ0) is 29.7. The molecule has 0 atom stereocenters. The molecule has 219 valence electrons. The Kier molecular flexibility index (Phi) is 5.59. The Morgan fingerprint density at radius 2 is 1.31 bits per heavy atom. The van der Waals surface area contributed by atoms with E-state index in [-0.39, 0.29) is 16.8 Å². The van der Waals surface area contributed by atoms with Gasteiger partial charge in [-0.2, -0.15) is 0 Å². The fourth-order valence-electron chi connectivity index (χ4n) is 5.92. The number of aromatic nitrogens is 2. The van der Waals surface area contributed by atoms with E-state index >= 15 is 0 Å². The predicted molar refractivity (Wildman–Crippen MR) is 178 cm³/mol. The number of H-pyrrole nitrogens is 1. The summed E-state index contributed by atoms with van der Waals surface area (Å²) < 4.78 is 0. The second kappa shape index (κ2) is 9.47. The van der Waals surface area contributed by atoms with E-state index in [0.717, 1.165) is 38.2 Å². The van der Waals surface area contributed by atoms with Crippen LogP contribution >= 0.6 is 0 Å². The minimum Gasteiger partial charge on any atom is -0.523 e. The van der Waals surface area contributed by atoms with Crippen molar-refractivity contribution < 1.29 is 16.8 Å². The van der Waals surface area contributed by atoms with Crippen LogP contribution in [0, 0.1) is 0 Å². The third-order valence-corrected chi connectivity index (χ3v) is 7.96. The average molecular weight is 634 g/mol. The smallest absolute Gasteiger partial charge is 0.523 e. The van der Waals surface area contributed by atoms with Gasteiger partial charge in [-0.15, -0.1) is 11.6 Å². The number of anilines is 5. The first-order valence-electron chi connectivity index (χ1n) is 13.8. The Hall–Kier alpha value is -6.05. The summed E-state index contributed by atoms with van der Waals surface area (Å²) >= 11 is 0. The maximum atomic E-state index is 6.48. The Bertz CT molecular complexity index is 2390. The van der Waals surface area contributed by atoms with Gasteiger partial charge < -0.3 is 48.5 Å². The molecule has 0 aliphatic carbocycles. The van der Waals surface area contributed by atoms with Gasteiger partial charge in [0.05, 0.1) is 5.56 Å². The van der Waals surface area contributed by atoms with Crippen LogP contribution in [-0.2, 0) is 16.8 Å². The number of amidine groups is 4. The standard InChI is InChI=1S/C32H22N12.Co/c33-13-4-7-16-20(10-13)29-38-25(16)37-26-18-9-6-15(35)12-22(18)31(41-26)44-32-24-19(2-1-3-23(24)36)28(43-32)42-30-21-11-14(34)5-8-17(21)27(39-29)40-30;/h1-12,38H,33-36H2,(H,37,41,42,43,44);/q-2;+2. The SMILES string of the molecule is Nc1ccc2c(c1)C1=NC3=NC(=Nc4[n-]c(c5ccc(N)cc45)[N-]c4[nH]c(c5ccc(N)cc45)NC2=N1)c1cccc(N)c13.[Co+2]. The minimum absolute atomic E-state index is 0. The number of nitrogens with zero attached hydrogens (tertiary/aromatic N) is 6. The molecule has 45 heavy (non-hydrogen) atoms. The van der Waals surface area contributed by atoms with E-state index in [1.807, 2.05) is 72.8 Å². The summed E-state index contributed by atoms with van der Waals surface area (Å²) in [5.74, 6) is 3.98. The van der Waals surface area contributed by atoms with Crippen molar-refractivity contribution >= 4 is 90.9 Å². The van der Waals surface area contributed by atoms with Crippen molar-refractivity contribution in [2.24, 2.45) is 20.0 Å². The van der Waals surface area contributed by atoms with E-state index in [1.54, 1.807) is 0 Å². The molecule has 8 bridgehead atoms. The molecule has 6 aromatic rings. The maximum absolute atomic E-state index is 6.48. The van der Waals surface area contributed by atoms with Gasteiger partial charge in [0.25, 0.3) is 0 Å². The number of nitrogen functional groups attached to an aromatic ring is 4. The summed E-state index contributed by atoms with van der Waals surface area (Å²) in [7, 11) is 0. The van der Waals surface area contributed by atoms with Gasteiger partial charge in [-0.3, -0.25) is 0 Å². The molecule has 3 aliphatic heterocycles. The van der Waals surface area contributed by atoms with E-state index in [0.29, 0.717) is 74.9 Å². The van der Waals surface area contributed by atoms with Crippen LogP contribution < -0.4 is 33.2 Å². The van der Waals surface area contributed by atoms with Gasteiger partial charge in [-0.1, -0.05) is 18.2 Å². The quantitative estimate of drug-likeness (QED) is 0.120. The molecule has 5 heterocycles. The van der Waals surface area contributed by atoms with Crippen LogP contribution in [0.4, 0.5) is 46.0 Å². The number of aromatic amines is 1. The van der Waals surface area contributed by atoms with Crippen LogP contribution in [0.1, 0.15) is 22.3 Å². The van der Waals surface area contributed by atoms with Crippen molar-refractivity contribution in [2.75, 3.05) is 28.3 Å². The largest absolute Gasteiger partial charge is 2.00 e. The Balaban J connectivity index is 0.00000300. The molecule has 3 aliphatic rings. The zero-order valence-electron chi connectivity index (χ0n) is 23.3. The topological polar surface area (TPSA) is 210 Å². The van der Waals surface area contributed by atoms with Crippen LogP contribution in [0.5, 0.6) is 0 Å². The number of benzene rings is 4. The molecule has 0 saturated carbocycles. The maximum Gasteiger partial charge on any atom is 2.00 e. The van der Waals surface area contributed by atoms with Gasteiger partial charge in [0.1, 0.15) is 11.7 Å². The minimum atomic E-state index is 0. The van der Waals surface area contributed by atoms with Gasteiger partial charge in [0, 0.05) is 61.9 Å². The molecule has 2 aromatic heterocycles. The number of rotatable bonds is 0. The summed E-state index contributed by atoms with van der Waals surface area (Å²) in [6, 6.07) is 22.4.